The number of hydrogen-bond acceptors (Lipinski definition) is 5. The molecule has 1 saturated heterocycles. The topological polar surface area (TPSA) is 65.3 Å². The van der Waals surface area contributed by atoms with Crippen molar-refractivity contribution in [1.29, 1.82) is 0 Å². The summed E-state index contributed by atoms with van der Waals surface area (Å²) in [6, 6.07) is 53.8. The molecule has 5 nitrogen and oxygen atoms in total. The first-order valence-electron chi connectivity index (χ1n) is 19.1. The van der Waals surface area contributed by atoms with E-state index in [0.717, 1.165) is 58.4 Å². The van der Waals surface area contributed by atoms with Crippen molar-refractivity contribution in [2.75, 3.05) is 39.3 Å². The highest BCUT2D eigenvalue weighted by molar-refractivity contribution is 5.63. The molecule has 51 heavy (non-hydrogen) atoms. The molecule has 266 valence electrons. The summed E-state index contributed by atoms with van der Waals surface area (Å²) in [7, 11) is 0. The molecule has 1 aliphatic heterocycles. The first-order valence-corrected chi connectivity index (χ1v) is 19.1. The molecular formula is C46H57N5. The third-order valence-electron chi connectivity index (χ3n) is 10.4. The fourth-order valence-corrected chi connectivity index (χ4v) is 7.53. The van der Waals surface area contributed by atoms with E-state index in [2.05, 4.69) is 166 Å². The molecule has 0 aromatic heterocycles. The van der Waals surface area contributed by atoms with Crippen LogP contribution in [-0.2, 0) is 25.7 Å². The second kappa shape index (κ2) is 20.1. The summed E-state index contributed by atoms with van der Waals surface area (Å²) < 4.78 is 0. The SMILES string of the molecule is NC[C@H](Cc1ccccc1)NC[C@@H]1CCCN1C[C@H](Cc1ccccc1)NC[C@H](Cc1ccccc1)NCCc1ccc(-c2ccccc2)cc1. The Balaban J connectivity index is 1.07. The summed E-state index contributed by atoms with van der Waals surface area (Å²) in [5.74, 6) is 0. The Bertz CT molecular complexity index is 1650. The van der Waals surface area contributed by atoms with Crippen molar-refractivity contribution in [2.45, 2.75) is 62.7 Å². The largest absolute Gasteiger partial charge is 0.329 e. The predicted octanol–water partition coefficient (Wildman–Crippen LogP) is 6.92. The summed E-state index contributed by atoms with van der Waals surface area (Å²) in [6.07, 6.45) is 6.47. The van der Waals surface area contributed by atoms with E-state index < -0.39 is 0 Å². The third kappa shape index (κ3) is 12.0. The van der Waals surface area contributed by atoms with Gasteiger partial charge in [0.1, 0.15) is 0 Å². The van der Waals surface area contributed by atoms with Crippen molar-refractivity contribution >= 4 is 0 Å². The lowest BCUT2D eigenvalue weighted by molar-refractivity contribution is 0.213. The predicted molar refractivity (Wildman–Crippen MR) is 215 cm³/mol. The number of rotatable bonds is 20. The molecule has 4 atom stereocenters. The Morgan fingerprint density at radius 1 is 0.549 bits per heavy atom. The second-order valence-electron chi connectivity index (χ2n) is 14.3. The maximum atomic E-state index is 6.23. The molecule has 1 heterocycles. The van der Waals surface area contributed by atoms with Crippen molar-refractivity contribution in [2.24, 2.45) is 5.73 Å². The van der Waals surface area contributed by atoms with Crippen molar-refractivity contribution in [1.82, 2.24) is 20.9 Å². The summed E-state index contributed by atoms with van der Waals surface area (Å²) in [6.45, 7) is 5.69. The van der Waals surface area contributed by atoms with Crippen LogP contribution in [0.4, 0.5) is 0 Å². The van der Waals surface area contributed by atoms with Crippen LogP contribution >= 0.6 is 0 Å². The molecule has 0 radical (unpaired) electrons. The van der Waals surface area contributed by atoms with E-state index in [4.69, 9.17) is 5.73 Å². The Kier molecular flexibility index (Phi) is 14.4. The number of benzene rings is 5. The molecule has 1 fully saturated rings. The average Bonchev–Trinajstić information content (AvgIpc) is 3.63. The smallest absolute Gasteiger partial charge is 0.0236 e. The molecule has 0 amide bonds. The van der Waals surface area contributed by atoms with E-state index in [9.17, 15) is 0 Å². The van der Waals surface area contributed by atoms with Crippen molar-refractivity contribution in [3.63, 3.8) is 0 Å². The number of nitrogens with two attached hydrogens (primary N) is 1. The van der Waals surface area contributed by atoms with Gasteiger partial charge >= 0.3 is 0 Å². The Morgan fingerprint density at radius 3 is 1.67 bits per heavy atom. The molecule has 5 N–H and O–H groups in total. The van der Waals surface area contributed by atoms with Gasteiger partial charge in [-0.05, 0) is 85.0 Å². The van der Waals surface area contributed by atoms with Crippen molar-refractivity contribution in [3.05, 3.63) is 168 Å². The molecule has 5 aromatic rings. The van der Waals surface area contributed by atoms with E-state index in [-0.39, 0.29) is 0 Å². The zero-order chi connectivity index (χ0) is 34.9. The highest BCUT2D eigenvalue weighted by Crippen LogP contribution is 2.20. The Hall–Kier alpha value is -4.10. The third-order valence-corrected chi connectivity index (χ3v) is 10.4. The lowest BCUT2D eigenvalue weighted by atomic mass is 10.0. The van der Waals surface area contributed by atoms with E-state index in [1.54, 1.807) is 0 Å². The van der Waals surface area contributed by atoms with Crippen LogP contribution in [0.1, 0.15) is 35.1 Å². The van der Waals surface area contributed by atoms with Crippen molar-refractivity contribution < 1.29 is 0 Å². The zero-order valence-corrected chi connectivity index (χ0v) is 30.2. The van der Waals surface area contributed by atoms with Gasteiger partial charge in [-0.25, -0.2) is 0 Å². The van der Waals surface area contributed by atoms with Crippen LogP contribution in [0, 0.1) is 0 Å². The lowest BCUT2D eigenvalue weighted by Gasteiger charge is -2.32. The maximum Gasteiger partial charge on any atom is 0.0236 e. The van der Waals surface area contributed by atoms with Crippen LogP contribution in [0.5, 0.6) is 0 Å². The monoisotopic (exact) mass is 679 g/mol. The van der Waals surface area contributed by atoms with Crippen LogP contribution in [0.3, 0.4) is 0 Å². The van der Waals surface area contributed by atoms with Gasteiger partial charge in [-0.1, -0.05) is 146 Å². The standard InChI is InChI=1S/C46H57N5/c47-33-43(30-38-14-5-1-6-15-38)50-35-46-22-13-29-51(46)36-45(32-40-18-9-3-10-19-40)49-34-44(31-39-16-7-2-8-17-39)48-28-27-37-23-25-42(26-24-37)41-20-11-4-12-21-41/h1-12,14-21,23-26,43-46,48-50H,13,22,27-36,47H2/t43-,44-,45-,46-/m0/s1. The van der Waals surface area contributed by atoms with Crippen LogP contribution < -0.4 is 21.7 Å². The lowest BCUT2D eigenvalue weighted by Crippen LogP contribution is -2.51. The van der Waals surface area contributed by atoms with Gasteiger partial charge in [0.05, 0.1) is 0 Å². The van der Waals surface area contributed by atoms with Gasteiger partial charge in [0.15, 0.2) is 0 Å². The number of likely N-dealkylation sites (tertiary alicyclic amines) is 1. The van der Waals surface area contributed by atoms with Gasteiger partial charge in [-0.15, -0.1) is 0 Å². The minimum Gasteiger partial charge on any atom is -0.329 e. The molecule has 5 heteroatoms. The molecule has 5 aromatic carbocycles. The average molecular weight is 680 g/mol. The quantitative estimate of drug-likeness (QED) is 0.0720. The highest BCUT2D eigenvalue weighted by Gasteiger charge is 2.28. The molecule has 0 unspecified atom stereocenters. The van der Waals surface area contributed by atoms with E-state index >= 15 is 0 Å². The van der Waals surface area contributed by atoms with Gasteiger partial charge in [0.25, 0.3) is 0 Å². The van der Waals surface area contributed by atoms with Crippen LogP contribution in [0.25, 0.3) is 11.1 Å². The first-order chi connectivity index (χ1) is 25.2. The van der Waals surface area contributed by atoms with E-state index in [1.165, 1.54) is 46.2 Å². The molecule has 0 bridgehead atoms. The van der Waals surface area contributed by atoms with Crippen LogP contribution in [0.15, 0.2) is 146 Å². The summed E-state index contributed by atoms with van der Waals surface area (Å²) >= 11 is 0. The molecular weight excluding hydrogens is 623 g/mol. The van der Waals surface area contributed by atoms with Gasteiger partial charge in [0.2, 0.25) is 0 Å². The number of nitrogens with zero attached hydrogens (tertiary/aromatic N) is 1. The maximum absolute atomic E-state index is 6.23. The van der Waals surface area contributed by atoms with Gasteiger partial charge in [-0.2, -0.15) is 0 Å². The fourth-order valence-electron chi connectivity index (χ4n) is 7.53. The zero-order valence-electron chi connectivity index (χ0n) is 30.2. The summed E-state index contributed by atoms with van der Waals surface area (Å²) in [5.41, 5.74) is 14.2. The van der Waals surface area contributed by atoms with Crippen LogP contribution in [0.2, 0.25) is 0 Å². The van der Waals surface area contributed by atoms with E-state index in [0.29, 0.717) is 30.7 Å². The minimum absolute atomic E-state index is 0.291. The molecule has 0 saturated carbocycles. The van der Waals surface area contributed by atoms with Gasteiger partial charge in [0, 0.05) is 50.3 Å². The van der Waals surface area contributed by atoms with Gasteiger partial charge in [-0.3, -0.25) is 4.90 Å². The van der Waals surface area contributed by atoms with Gasteiger partial charge < -0.3 is 21.7 Å². The molecule has 0 aliphatic carbocycles. The first kappa shape index (κ1) is 36.7. The number of hydrogen-bond donors (Lipinski definition) is 4. The van der Waals surface area contributed by atoms with E-state index in [1.807, 2.05) is 0 Å². The van der Waals surface area contributed by atoms with Crippen LogP contribution in [-0.4, -0.2) is 68.3 Å². The number of nitrogens with one attached hydrogen (secondary N) is 3. The molecule has 1 aliphatic rings. The summed E-state index contributed by atoms with van der Waals surface area (Å²) in [4.78, 5) is 2.72. The fraction of sp³-hybridized carbons (Fsp3) is 0.348. The highest BCUT2D eigenvalue weighted by atomic mass is 15.2. The molecule has 0 spiro atoms. The molecule has 6 rings (SSSR count). The normalized spacial score (nSPS) is 16.5. The minimum atomic E-state index is 0.291. The summed E-state index contributed by atoms with van der Waals surface area (Å²) in [5, 5.41) is 11.9. The Morgan fingerprint density at radius 2 is 1.08 bits per heavy atom. The Labute approximate surface area is 306 Å². The van der Waals surface area contributed by atoms with Crippen molar-refractivity contribution in [3.8, 4) is 11.1 Å². The second-order valence-corrected chi connectivity index (χ2v) is 14.3.